The number of hydrogen-bond acceptors (Lipinski definition) is 7. The normalized spacial score (nSPS) is 15.4. The van der Waals surface area contributed by atoms with Crippen molar-refractivity contribution in [2.24, 2.45) is 13.0 Å². The minimum Gasteiger partial charge on any atom is -0.459 e. The second-order valence-corrected chi connectivity index (χ2v) is 9.77. The Morgan fingerprint density at radius 1 is 1.28 bits per heavy atom. The number of carbonyl (C=O) groups excluding carboxylic acids is 3. The predicted octanol–water partition coefficient (Wildman–Crippen LogP) is 3.51. The number of amides is 1. The van der Waals surface area contributed by atoms with Gasteiger partial charge in [0.25, 0.3) is 5.91 Å². The zero-order chi connectivity index (χ0) is 23.6. The van der Waals surface area contributed by atoms with E-state index in [1.54, 1.807) is 18.5 Å². The van der Waals surface area contributed by atoms with Gasteiger partial charge in [0.2, 0.25) is 0 Å². The fourth-order valence-electron chi connectivity index (χ4n) is 3.91. The van der Waals surface area contributed by atoms with Crippen LogP contribution in [0.5, 0.6) is 0 Å². The van der Waals surface area contributed by atoms with Gasteiger partial charge in [0, 0.05) is 23.2 Å². The first-order chi connectivity index (χ1) is 15.1. The number of thiophene rings is 1. The SMILES string of the molecule is Cc1nn(C)c(C)c1CC(=O)OCC(=O)Nc1sc2c(c1C(=O)OC(C)C)CCC(C)C2. The molecule has 1 aliphatic carbocycles. The molecule has 8 nitrogen and oxygen atoms in total. The zero-order valence-electron chi connectivity index (χ0n) is 19.5. The molecule has 2 aromatic heterocycles. The van der Waals surface area contributed by atoms with E-state index in [2.05, 4.69) is 17.3 Å². The number of nitrogens with one attached hydrogen (secondary N) is 1. The van der Waals surface area contributed by atoms with E-state index in [-0.39, 0.29) is 12.5 Å². The summed E-state index contributed by atoms with van der Waals surface area (Å²) < 4.78 is 12.3. The number of esters is 2. The summed E-state index contributed by atoms with van der Waals surface area (Å²) in [6.07, 6.45) is 2.44. The predicted molar refractivity (Wildman–Crippen MR) is 122 cm³/mol. The lowest BCUT2D eigenvalue weighted by molar-refractivity contribution is -0.146. The Labute approximate surface area is 192 Å². The number of hydrogen-bond donors (Lipinski definition) is 1. The number of nitrogens with zero attached hydrogens (tertiary/aromatic N) is 2. The number of aromatic nitrogens is 2. The highest BCUT2D eigenvalue weighted by molar-refractivity contribution is 7.17. The van der Waals surface area contributed by atoms with Crippen LogP contribution in [0.4, 0.5) is 5.00 Å². The van der Waals surface area contributed by atoms with Crippen molar-refractivity contribution in [1.29, 1.82) is 0 Å². The van der Waals surface area contributed by atoms with Gasteiger partial charge in [-0.3, -0.25) is 14.3 Å². The molecular formula is C23H31N3O5S. The van der Waals surface area contributed by atoms with Crippen molar-refractivity contribution in [3.63, 3.8) is 0 Å². The number of rotatable bonds is 7. The van der Waals surface area contributed by atoms with Crippen molar-refractivity contribution in [3.05, 3.63) is 33.0 Å². The Morgan fingerprint density at radius 2 is 2.00 bits per heavy atom. The quantitative estimate of drug-likeness (QED) is 0.634. The van der Waals surface area contributed by atoms with E-state index in [4.69, 9.17) is 9.47 Å². The molecule has 2 aromatic rings. The average Bonchev–Trinajstić information content (AvgIpc) is 3.16. The van der Waals surface area contributed by atoms with Crippen molar-refractivity contribution in [2.45, 2.75) is 66.4 Å². The van der Waals surface area contributed by atoms with Gasteiger partial charge in [-0.25, -0.2) is 4.79 Å². The summed E-state index contributed by atoms with van der Waals surface area (Å²) >= 11 is 1.41. The van der Waals surface area contributed by atoms with Gasteiger partial charge in [-0.1, -0.05) is 6.92 Å². The van der Waals surface area contributed by atoms with Gasteiger partial charge in [-0.15, -0.1) is 11.3 Å². The molecule has 0 aliphatic heterocycles. The summed E-state index contributed by atoms with van der Waals surface area (Å²) in [5.74, 6) is -0.887. The molecule has 9 heteroatoms. The minimum absolute atomic E-state index is 0.0515. The van der Waals surface area contributed by atoms with Crippen LogP contribution in [0.15, 0.2) is 0 Å². The lowest BCUT2D eigenvalue weighted by Gasteiger charge is -2.18. The molecule has 0 saturated heterocycles. The summed E-state index contributed by atoms with van der Waals surface area (Å²) in [5, 5.41) is 7.52. The molecule has 1 atom stereocenters. The van der Waals surface area contributed by atoms with Crippen LogP contribution < -0.4 is 5.32 Å². The number of anilines is 1. The van der Waals surface area contributed by atoms with E-state index in [1.165, 1.54) is 11.3 Å². The van der Waals surface area contributed by atoms with Gasteiger partial charge < -0.3 is 14.8 Å². The molecule has 0 saturated carbocycles. The molecule has 0 fully saturated rings. The second kappa shape index (κ2) is 9.85. The van der Waals surface area contributed by atoms with Crippen molar-refractivity contribution in [2.75, 3.05) is 11.9 Å². The monoisotopic (exact) mass is 461 g/mol. The third-order valence-electron chi connectivity index (χ3n) is 5.66. The zero-order valence-corrected chi connectivity index (χ0v) is 20.4. The van der Waals surface area contributed by atoms with Gasteiger partial charge >= 0.3 is 11.9 Å². The summed E-state index contributed by atoms with van der Waals surface area (Å²) in [5.41, 5.74) is 3.85. The van der Waals surface area contributed by atoms with Crippen LogP contribution >= 0.6 is 11.3 Å². The molecule has 1 N–H and O–H groups in total. The summed E-state index contributed by atoms with van der Waals surface area (Å²) in [6.45, 7) is 9.06. The number of fused-ring (bicyclic) bond motifs is 1. The Kier molecular flexibility index (Phi) is 7.38. The average molecular weight is 462 g/mol. The molecule has 174 valence electrons. The van der Waals surface area contributed by atoms with E-state index >= 15 is 0 Å². The second-order valence-electron chi connectivity index (χ2n) is 8.67. The standard InChI is InChI=1S/C23H31N3O5S/c1-12(2)31-23(29)21-16-8-7-13(3)9-18(16)32-22(21)24-19(27)11-30-20(28)10-17-14(4)25-26(6)15(17)5/h12-13H,7-11H2,1-6H3,(H,24,27). The van der Waals surface area contributed by atoms with E-state index in [9.17, 15) is 14.4 Å². The number of ether oxygens (including phenoxy) is 2. The summed E-state index contributed by atoms with van der Waals surface area (Å²) in [4.78, 5) is 38.6. The van der Waals surface area contributed by atoms with E-state index in [0.29, 0.717) is 16.5 Å². The minimum atomic E-state index is -0.502. The third-order valence-corrected chi connectivity index (χ3v) is 6.83. The first-order valence-corrected chi connectivity index (χ1v) is 11.7. The van der Waals surface area contributed by atoms with Crippen molar-refractivity contribution in [1.82, 2.24) is 9.78 Å². The largest absolute Gasteiger partial charge is 0.459 e. The Morgan fingerprint density at radius 3 is 2.62 bits per heavy atom. The van der Waals surface area contributed by atoms with E-state index in [1.807, 2.05) is 20.9 Å². The molecule has 1 aliphatic rings. The summed E-state index contributed by atoms with van der Waals surface area (Å²) in [7, 11) is 1.81. The van der Waals surface area contributed by atoms with Gasteiger partial charge in [0.1, 0.15) is 5.00 Å². The smallest absolute Gasteiger partial charge is 0.341 e. The molecule has 2 heterocycles. The lowest BCUT2D eigenvalue weighted by atomic mass is 9.88. The van der Waals surface area contributed by atoms with Crippen LogP contribution in [0.3, 0.4) is 0 Å². The molecule has 3 rings (SSSR count). The van der Waals surface area contributed by atoms with Crippen LogP contribution in [0.2, 0.25) is 0 Å². The summed E-state index contributed by atoms with van der Waals surface area (Å²) in [6, 6.07) is 0. The Bertz CT molecular complexity index is 1040. The first-order valence-electron chi connectivity index (χ1n) is 10.9. The highest BCUT2D eigenvalue weighted by atomic mass is 32.1. The third kappa shape index (κ3) is 5.38. The number of carbonyl (C=O) groups is 3. The maximum Gasteiger partial charge on any atom is 0.341 e. The molecule has 0 spiro atoms. The molecule has 1 amide bonds. The Hall–Kier alpha value is -2.68. The van der Waals surface area contributed by atoms with Gasteiger partial charge in [-0.2, -0.15) is 5.10 Å². The maximum absolute atomic E-state index is 12.7. The van der Waals surface area contributed by atoms with Crippen LogP contribution in [0.1, 0.15) is 64.9 Å². The van der Waals surface area contributed by atoms with Crippen LogP contribution in [-0.2, 0) is 45.4 Å². The van der Waals surface area contributed by atoms with Crippen LogP contribution in [0.25, 0.3) is 0 Å². The van der Waals surface area contributed by atoms with Gasteiger partial charge in [0.05, 0.1) is 23.8 Å². The first kappa shape index (κ1) is 24.0. The molecule has 0 radical (unpaired) electrons. The maximum atomic E-state index is 12.7. The molecule has 1 unspecified atom stereocenters. The van der Waals surface area contributed by atoms with Crippen molar-refractivity contribution < 1.29 is 23.9 Å². The fraction of sp³-hybridized carbons (Fsp3) is 0.565. The van der Waals surface area contributed by atoms with Crippen LogP contribution in [-0.4, -0.2) is 40.3 Å². The van der Waals surface area contributed by atoms with Gasteiger partial charge in [-0.05, 0) is 58.4 Å². The number of aryl methyl sites for hydroxylation is 2. The highest BCUT2D eigenvalue weighted by Crippen LogP contribution is 2.40. The van der Waals surface area contributed by atoms with Crippen molar-refractivity contribution >= 4 is 34.2 Å². The van der Waals surface area contributed by atoms with Crippen molar-refractivity contribution in [3.8, 4) is 0 Å². The lowest BCUT2D eigenvalue weighted by Crippen LogP contribution is -2.23. The van der Waals surface area contributed by atoms with Crippen LogP contribution in [0, 0.1) is 19.8 Å². The Balaban J connectivity index is 1.67. The van der Waals surface area contributed by atoms with E-state index in [0.717, 1.165) is 46.7 Å². The molecule has 0 aromatic carbocycles. The highest BCUT2D eigenvalue weighted by Gasteiger charge is 2.29. The fourth-order valence-corrected chi connectivity index (χ4v) is 5.32. The van der Waals surface area contributed by atoms with E-state index < -0.39 is 24.5 Å². The molecule has 32 heavy (non-hydrogen) atoms. The van der Waals surface area contributed by atoms with Gasteiger partial charge in [0.15, 0.2) is 6.61 Å². The molecule has 0 bridgehead atoms. The molecular weight excluding hydrogens is 430 g/mol. The topological polar surface area (TPSA) is 99.5 Å².